The standard InChI is InChI=1S/C74H139N10O6P/c1-12-88-57-69-83-71-72(66-39-13-14-40-67(66)82-73(71)76)84(69)53-25-51-81-74(86)68(41-42-70(85)80-50-24-49-78-47-16-15-46-77-48-23-45-75)79-52-26-56-91(87,89-54-43-64(10)37-21-35-62(8)33-19-31-60(6)29-17-27-58(2)3)90-55-44-65(11)38-22-36-63(9)34-20-32-61(7)30-18-28-59(4)5/h13-14,39-40,58-65,68,77-79H,12,15-38,41-57,75H2,1-11H3,(H2,76,82)(H,80,85)(H,81,86)/t60?,61?,62?,63?,64?,65?,68-,91?/m0/s1. The van der Waals surface area contributed by atoms with Gasteiger partial charge in [0.2, 0.25) is 11.8 Å². The van der Waals surface area contributed by atoms with Gasteiger partial charge in [0.05, 0.1) is 36.5 Å². The molecule has 526 valence electrons. The van der Waals surface area contributed by atoms with Crippen LogP contribution in [-0.4, -0.2) is 111 Å². The van der Waals surface area contributed by atoms with Gasteiger partial charge in [0.25, 0.3) is 0 Å². The second-order valence-electron chi connectivity index (χ2n) is 28.7. The molecular weight excluding hydrogens is 1160 g/mol. The number of rotatable bonds is 60. The Morgan fingerprint density at radius 2 is 1.03 bits per heavy atom. The lowest BCUT2D eigenvalue weighted by molar-refractivity contribution is -0.124. The van der Waals surface area contributed by atoms with Crippen LogP contribution in [0.4, 0.5) is 5.82 Å². The van der Waals surface area contributed by atoms with Gasteiger partial charge in [-0.15, -0.1) is 0 Å². The van der Waals surface area contributed by atoms with Crippen LogP contribution in [-0.2, 0) is 41.1 Å². The number of unbranched alkanes of at least 4 members (excludes halogenated alkanes) is 1. The van der Waals surface area contributed by atoms with Gasteiger partial charge in [-0.3, -0.25) is 14.2 Å². The quantitative estimate of drug-likeness (QED) is 0.0207. The smallest absolute Gasteiger partial charge is 0.330 e. The Morgan fingerprint density at radius 3 is 1.55 bits per heavy atom. The monoisotopic (exact) mass is 1300 g/mol. The molecule has 0 radical (unpaired) electrons. The molecule has 2 amide bonds. The molecule has 0 saturated heterocycles. The van der Waals surface area contributed by atoms with Crippen LogP contribution < -0.4 is 38.1 Å². The molecule has 2 heterocycles. The number of nitrogens with zero attached hydrogens (tertiary/aromatic N) is 3. The van der Waals surface area contributed by atoms with Gasteiger partial charge >= 0.3 is 7.60 Å². The van der Waals surface area contributed by atoms with Crippen molar-refractivity contribution in [3.63, 3.8) is 0 Å². The van der Waals surface area contributed by atoms with E-state index in [2.05, 4.69) is 105 Å². The third-order valence-corrected chi connectivity index (χ3v) is 20.7. The number of nitrogens with one attached hydrogen (secondary N) is 5. The highest BCUT2D eigenvalue weighted by Gasteiger charge is 2.27. The van der Waals surface area contributed by atoms with Crippen molar-refractivity contribution in [3.8, 4) is 0 Å². The topological polar surface area (TPSA) is 222 Å². The summed E-state index contributed by atoms with van der Waals surface area (Å²) in [5.41, 5.74) is 14.4. The molecule has 0 saturated carbocycles. The molecule has 91 heavy (non-hydrogen) atoms. The van der Waals surface area contributed by atoms with Crippen LogP contribution >= 0.6 is 7.60 Å². The fourth-order valence-electron chi connectivity index (χ4n) is 12.5. The van der Waals surface area contributed by atoms with E-state index < -0.39 is 13.6 Å². The average molecular weight is 1300 g/mol. The number of nitrogens with two attached hydrogens (primary N) is 2. The number of imidazole rings is 1. The molecule has 0 aliphatic heterocycles. The Morgan fingerprint density at radius 1 is 0.549 bits per heavy atom. The van der Waals surface area contributed by atoms with Gasteiger partial charge < -0.3 is 56.4 Å². The summed E-state index contributed by atoms with van der Waals surface area (Å²) < 4.78 is 35.5. The highest BCUT2D eigenvalue weighted by Crippen LogP contribution is 2.49. The summed E-state index contributed by atoms with van der Waals surface area (Å²) in [5, 5.41) is 17.6. The minimum atomic E-state index is -3.47. The van der Waals surface area contributed by atoms with Crippen LogP contribution in [0.15, 0.2) is 24.3 Å². The van der Waals surface area contributed by atoms with Crippen molar-refractivity contribution in [2.24, 2.45) is 53.1 Å². The molecule has 16 nitrogen and oxygen atoms in total. The lowest BCUT2D eigenvalue weighted by Gasteiger charge is -2.22. The number of carbonyl (C=O) groups excluding carboxylic acids is 2. The first kappa shape index (κ1) is 82.0. The van der Waals surface area contributed by atoms with Crippen LogP contribution in [0.1, 0.15) is 262 Å². The predicted octanol–water partition coefficient (Wildman–Crippen LogP) is 16.3. The minimum Gasteiger partial charge on any atom is -0.382 e. The molecule has 3 aromatic rings. The van der Waals surface area contributed by atoms with E-state index in [0.29, 0.717) is 102 Å². The van der Waals surface area contributed by atoms with Crippen LogP contribution in [0.25, 0.3) is 21.9 Å². The molecule has 0 aliphatic carbocycles. The number of fused-ring (bicyclic) bond motifs is 3. The third kappa shape index (κ3) is 38.2. The number of hydrogen-bond acceptors (Lipinski definition) is 13. The summed E-state index contributed by atoms with van der Waals surface area (Å²) in [7, 11) is -3.47. The number of ether oxygens (including phenoxy) is 1. The lowest BCUT2D eigenvalue weighted by atomic mass is 9.91. The van der Waals surface area contributed by atoms with Gasteiger partial charge in [0.15, 0.2) is 5.82 Å². The summed E-state index contributed by atoms with van der Waals surface area (Å²) in [4.78, 5) is 37.0. The van der Waals surface area contributed by atoms with Crippen molar-refractivity contribution in [1.82, 2.24) is 41.1 Å². The second-order valence-corrected chi connectivity index (χ2v) is 30.9. The van der Waals surface area contributed by atoms with Crippen LogP contribution in [0.5, 0.6) is 0 Å². The third-order valence-electron chi connectivity index (χ3n) is 18.7. The maximum absolute atomic E-state index is 14.8. The first-order valence-electron chi connectivity index (χ1n) is 37.2. The number of amides is 2. The molecule has 9 N–H and O–H groups in total. The van der Waals surface area contributed by atoms with E-state index in [1.165, 1.54) is 103 Å². The highest BCUT2D eigenvalue weighted by molar-refractivity contribution is 7.53. The summed E-state index contributed by atoms with van der Waals surface area (Å²) in [6, 6.07) is 7.28. The predicted molar refractivity (Wildman–Crippen MR) is 386 cm³/mol. The Bertz CT molecular complexity index is 2320. The number of benzene rings is 1. The molecule has 0 fully saturated rings. The number of para-hydroxylation sites is 1. The van der Waals surface area contributed by atoms with E-state index in [4.69, 9.17) is 30.2 Å². The number of aromatic nitrogens is 3. The second kappa shape index (κ2) is 50.2. The van der Waals surface area contributed by atoms with Crippen molar-refractivity contribution in [2.75, 3.05) is 84.1 Å². The Hall–Kier alpha value is -3.21. The molecule has 0 bridgehead atoms. The molecule has 17 heteroatoms. The van der Waals surface area contributed by atoms with Gasteiger partial charge in [-0.25, -0.2) is 9.97 Å². The summed E-state index contributed by atoms with van der Waals surface area (Å²) >= 11 is 0. The number of pyridine rings is 1. The van der Waals surface area contributed by atoms with Crippen LogP contribution in [0.3, 0.4) is 0 Å². The molecule has 1 aromatic carbocycles. The zero-order valence-electron chi connectivity index (χ0n) is 60.1. The largest absolute Gasteiger partial charge is 0.382 e. The van der Waals surface area contributed by atoms with E-state index in [1.807, 2.05) is 31.2 Å². The average Bonchev–Trinajstić information content (AvgIpc) is 1.64. The fraction of sp³-hybridized carbons (Fsp3) is 0.838. The maximum atomic E-state index is 14.8. The van der Waals surface area contributed by atoms with E-state index in [-0.39, 0.29) is 24.4 Å². The van der Waals surface area contributed by atoms with Crippen LogP contribution in [0.2, 0.25) is 0 Å². The van der Waals surface area contributed by atoms with E-state index in [0.717, 1.165) is 135 Å². The van der Waals surface area contributed by atoms with Gasteiger partial charge in [-0.05, 0) is 157 Å². The molecule has 2 aromatic heterocycles. The highest BCUT2D eigenvalue weighted by atomic mass is 31.2. The van der Waals surface area contributed by atoms with Crippen molar-refractivity contribution >= 4 is 47.2 Å². The van der Waals surface area contributed by atoms with Crippen molar-refractivity contribution in [1.29, 1.82) is 0 Å². The summed E-state index contributed by atoms with van der Waals surface area (Å²) in [5.74, 6) is 6.47. The summed E-state index contributed by atoms with van der Waals surface area (Å²) in [6.45, 7) is 33.6. The Kier molecular flexibility index (Phi) is 45.3. The van der Waals surface area contributed by atoms with E-state index in [1.54, 1.807) is 0 Å². The normalized spacial score (nSPS) is 15.1. The Labute approximate surface area is 556 Å². The fourth-order valence-corrected chi connectivity index (χ4v) is 14.2. The van der Waals surface area contributed by atoms with Gasteiger partial charge in [-0.1, -0.05) is 203 Å². The zero-order valence-corrected chi connectivity index (χ0v) is 61.0. The van der Waals surface area contributed by atoms with Gasteiger partial charge in [0, 0.05) is 38.0 Å². The first-order valence-corrected chi connectivity index (χ1v) is 39.0. The van der Waals surface area contributed by atoms with E-state index >= 15 is 0 Å². The molecule has 6 unspecified atom stereocenters. The number of hydrogen-bond donors (Lipinski definition) is 7. The van der Waals surface area contributed by atoms with E-state index in [9.17, 15) is 14.2 Å². The molecule has 0 aliphatic rings. The SMILES string of the molecule is CCOCc1nc2c(N)nc3ccccc3c2n1CCCNC(=O)[C@H](CCC(=O)NCCCNCCCCNCCCN)NCCCP(=O)(OCCC(C)CCCC(C)CCCC(C)CCCC(C)C)OCCC(C)CCCC(C)CCCC(C)CCCC(C)C. The van der Waals surface area contributed by atoms with Crippen molar-refractivity contribution in [2.45, 2.75) is 275 Å². The molecular formula is C74H139N10O6P. The van der Waals surface area contributed by atoms with Gasteiger partial charge in [0.1, 0.15) is 17.9 Å². The lowest BCUT2D eigenvalue weighted by Crippen LogP contribution is -2.45. The zero-order chi connectivity index (χ0) is 66.5. The number of nitrogen functional groups attached to an aromatic ring is 1. The summed E-state index contributed by atoms with van der Waals surface area (Å²) in [6.07, 6.45) is 30.7. The molecule has 7 atom stereocenters. The number of carbonyl (C=O) groups is 2. The molecule has 0 spiro atoms. The maximum Gasteiger partial charge on any atom is 0.330 e. The number of aryl methyl sites for hydroxylation is 1. The van der Waals surface area contributed by atoms with Crippen LogP contribution in [0, 0.1) is 47.3 Å². The number of anilines is 1. The van der Waals surface area contributed by atoms with Gasteiger partial charge in [-0.2, -0.15) is 0 Å². The minimum absolute atomic E-state index is 0.0856. The Balaban J connectivity index is 1.63. The van der Waals surface area contributed by atoms with Crippen molar-refractivity contribution in [3.05, 3.63) is 30.1 Å². The first-order chi connectivity index (χ1) is 43.8. The van der Waals surface area contributed by atoms with Crippen molar-refractivity contribution < 1.29 is 27.9 Å². The molecule has 3 rings (SSSR count).